The lowest BCUT2D eigenvalue weighted by molar-refractivity contribution is -0.566. The Hall–Kier alpha value is -0.690. The van der Waals surface area contributed by atoms with Crippen LogP contribution in [0.1, 0.15) is 39.5 Å². The fraction of sp³-hybridized carbons (Fsp3) is 0.933. The van der Waals surface area contributed by atoms with Crippen LogP contribution in [0.4, 0.5) is 0 Å². The van der Waals surface area contributed by atoms with E-state index in [2.05, 4.69) is 6.92 Å². The zero-order chi connectivity index (χ0) is 14.8. The zero-order valence-electron chi connectivity index (χ0n) is 12.4. The van der Waals surface area contributed by atoms with Crippen molar-refractivity contribution in [1.82, 2.24) is 0 Å². The van der Waals surface area contributed by atoms with Crippen LogP contribution in [0, 0.1) is 23.7 Å². The van der Waals surface area contributed by atoms with E-state index < -0.39 is 29.6 Å². The van der Waals surface area contributed by atoms with Crippen molar-refractivity contribution in [2.75, 3.05) is 6.61 Å². The van der Waals surface area contributed by atoms with Crippen molar-refractivity contribution >= 4 is 5.97 Å². The van der Waals surface area contributed by atoms with E-state index in [9.17, 15) is 9.90 Å². The van der Waals surface area contributed by atoms with Crippen LogP contribution < -0.4 is 0 Å². The molecule has 0 aromatic carbocycles. The molecule has 6 nitrogen and oxygen atoms in total. The van der Waals surface area contributed by atoms with Gasteiger partial charge in [-0.3, -0.25) is 4.79 Å². The van der Waals surface area contributed by atoms with Gasteiger partial charge in [-0.2, -0.15) is 0 Å². The van der Waals surface area contributed by atoms with Crippen molar-refractivity contribution in [2.24, 2.45) is 23.7 Å². The Labute approximate surface area is 123 Å². The Bertz CT molecular complexity index is 467. The molecule has 21 heavy (non-hydrogen) atoms. The maximum atomic E-state index is 11.6. The minimum absolute atomic E-state index is 0.113. The first kappa shape index (κ1) is 13.9. The molecule has 4 saturated heterocycles. The largest absolute Gasteiger partial charge is 0.481 e. The summed E-state index contributed by atoms with van der Waals surface area (Å²) in [5.41, 5.74) is -0.769. The predicted molar refractivity (Wildman–Crippen MR) is 69.9 cm³/mol. The van der Waals surface area contributed by atoms with Crippen molar-refractivity contribution in [2.45, 2.75) is 57.2 Å². The molecule has 1 spiro atoms. The van der Waals surface area contributed by atoms with Crippen LogP contribution in [0.5, 0.6) is 0 Å². The SMILES string of the molecule is C[C@@H]1CC[C@H]2[C@@H](C(=O)O)CO[C@@H]3O[C@@]4(C)CC[C@@H]1[C@]32OO4. The first-order valence-corrected chi connectivity index (χ1v) is 7.85. The quantitative estimate of drug-likeness (QED) is 0.746. The topological polar surface area (TPSA) is 74.2 Å². The van der Waals surface area contributed by atoms with Gasteiger partial charge in [0.1, 0.15) is 0 Å². The third kappa shape index (κ3) is 1.76. The van der Waals surface area contributed by atoms with Gasteiger partial charge in [-0.05, 0) is 38.0 Å². The highest BCUT2D eigenvalue weighted by Gasteiger charge is 2.69. The van der Waals surface area contributed by atoms with Crippen LogP contribution >= 0.6 is 0 Å². The molecule has 5 aliphatic rings. The highest BCUT2D eigenvalue weighted by atomic mass is 17.3. The van der Waals surface area contributed by atoms with Gasteiger partial charge < -0.3 is 14.6 Å². The molecular weight excluding hydrogens is 276 g/mol. The summed E-state index contributed by atoms with van der Waals surface area (Å²) >= 11 is 0. The Morgan fingerprint density at radius 2 is 2.00 bits per heavy atom. The molecule has 6 heteroatoms. The smallest absolute Gasteiger partial charge is 0.309 e. The van der Waals surface area contributed by atoms with Crippen LogP contribution in [0.15, 0.2) is 0 Å². The summed E-state index contributed by atoms with van der Waals surface area (Å²) in [6, 6.07) is 0. The van der Waals surface area contributed by atoms with Gasteiger partial charge >= 0.3 is 5.97 Å². The van der Waals surface area contributed by atoms with E-state index in [1.54, 1.807) is 0 Å². The second-order valence-corrected chi connectivity index (χ2v) is 7.19. The van der Waals surface area contributed by atoms with Crippen molar-refractivity contribution in [3.63, 3.8) is 0 Å². The minimum Gasteiger partial charge on any atom is -0.481 e. The Balaban J connectivity index is 1.80. The molecule has 5 rings (SSSR count). The van der Waals surface area contributed by atoms with Gasteiger partial charge in [-0.1, -0.05) is 6.92 Å². The van der Waals surface area contributed by atoms with Crippen LogP contribution in [0.3, 0.4) is 0 Å². The number of ether oxygens (including phenoxy) is 2. The van der Waals surface area contributed by atoms with Crippen LogP contribution in [0.25, 0.3) is 0 Å². The summed E-state index contributed by atoms with van der Waals surface area (Å²) in [6.45, 7) is 4.26. The van der Waals surface area contributed by atoms with E-state index >= 15 is 0 Å². The van der Waals surface area contributed by atoms with Crippen molar-refractivity contribution in [3.8, 4) is 0 Å². The fourth-order valence-electron chi connectivity index (χ4n) is 4.86. The van der Waals surface area contributed by atoms with Gasteiger partial charge in [-0.15, -0.1) is 0 Å². The number of hydrogen-bond donors (Lipinski definition) is 1. The van der Waals surface area contributed by atoms with Crippen molar-refractivity contribution in [3.05, 3.63) is 0 Å². The lowest BCUT2D eigenvalue weighted by Crippen LogP contribution is -2.69. The van der Waals surface area contributed by atoms with Crippen molar-refractivity contribution in [1.29, 1.82) is 0 Å². The summed E-state index contributed by atoms with van der Waals surface area (Å²) in [6.07, 6.45) is 2.98. The maximum Gasteiger partial charge on any atom is 0.309 e. The number of carbonyl (C=O) groups is 1. The van der Waals surface area contributed by atoms with E-state index in [0.29, 0.717) is 5.92 Å². The maximum absolute atomic E-state index is 11.6. The number of aliphatic carboxylic acids is 1. The molecule has 0 aromatic heterocycles. The van der Waals surface area contributed by atoms with Crippen LogP contribution in [0.2, 0.25) is 0 Å². The highest BCUT2D eigenvalue weighted by Crippen LogP contribution is 2.59. The first-order valence-electron chi connectivity index (χ1n) is 7.85. The van der Waals surface area contributed by atoms with Crippen LogP contribution in [-0.2, 0) is 24.0 Å². The highest BCUT2D eigenvalue weighted by molar-refractivity contribution is 5.71. The molecule has 7 atom stereocenters. The van der Waals surface area contributed by atoms with Gasteiger partial charge in [-0.25, -0.2) is 9.78 Å². The van der Waals surface area contributed by atoms with E-state index in [0.717, 1.165) is 25.7 Å². The lowest BCUT2D eigenvalue weighted by atomic mass is 9.58. The summed E-state index contributed by atoms with van der Waals surface area (Å²) in [7, 11) is 0. The Kier molecular flexibility index (Phi) is 2.93. The van der Waals surface area contributed by atoms with Crippen molar-refractivity contribution < 1.29 is 29.1 Å². The van der Waals surface area contributed by atoms with Gasteiger partial charge in [0.25, 0.3) is 0 Å². The summed E-state index contributed by atoms with van der Waals surface area (Å²) < 4.78 is 11.8. The third-order valence-corrected chi connectivity index (χ3v) is 6.01. The first-order chi connectivity index (χ1) is 9.96. The molecule has 0 amide bonds. The summed E-state index contributed by atoms with van der Waals surface area (Å²) in [5.74, 6) is -1.60. The molecule has 1 N–H and O–H groups in total. The molecule has 118 valence electrons. The minimum atomic E-state index is -0.817. The summed E-state index contributed by atoms with van der Waals surface area (Å²) in [4.78, 5) is 23.1. The molecule has 1 aliphatic carbocycles. The number of fused-ring (bicyclic) bond motifs is 2. The number of rotatable bonds is 1. The van der Waals surface area contributed by atoms with Gasteiger partial charge in [0.15, 0.2) is 11.9 Å². The van der Waals surface area contributed by atoms with E-state index in [1.165, 1.54) is 0 Å². The third-order valence-electron chi connectivity index (χ3n) is 6.01. The van der Waals surface area contributed by atoms with E-state index in [4.69, 9.17) is 19.2 Å². The Morgan fingerprint density at radius 3 is 2.76 bits per heavy atom. The molecule has 0 radical (unpaired) electrons. The lowest BCUT2D eigenvalue weighted by Gasteiger charge is -2.58. The summed E-state index contributed by atoms with van der Waals surface area (Å²) in [5, 5.41) is 9.53. The average molecular weight is 298 g/mol. The molecule has 5 fully saturated rings. The second-order valence-electron chi connectivity index (χ2n) is 7.19. The van der Waals surface area contributed by atoms with Gasteiger partial charge in [0.2, 0.25) is 5.79 Å². The molecule has 4 aliphatic heterocycles. The molecular formula is C15H22O6. The fourth-order valence-corrected chi connectivity index (χ4v) is 4.86. The van der Waals surface area contributed by atoms with Gasteiger partial charge in [0, 0.05) is 12.3 Å². The molecule has 0 unspecified atom stereocenters. The standard InChI is InChI=1S/C15H22O6/c1-8-3-4-11-9(12(16)17)7-18-13-15(11)10(8)5-6-14(2,19-13)20-21-15/h8-11,13H,3-7H2,1-2H3,(H,16,17)/t8-,9+,10+,11+,13-,14-,15-/m1/s1. The Morgan fingerprint density at radius 1 is 1.19 bits per heavy atom. The zero-order valence-corrected chi connectivity index (χ0v) is 12.4. The van der Waals surface area contributed by atoms with E-state index in [-0.39, 0.29) is 18.4 Å². The van der Waals surface area contributed by atoms with Crippen LogP contribution in [-0.4, -0.2) is 35.4 Å². The van der Waals surface area contributed by atoms with Gasteiger partial charge in [0.05, 0.1) is 12.5 Å². The number of carboxylic acid groups (broad SMARTS) is 1. The molecule has 0 aromatic rings. The van der Waals surface area contributed by atoms with E-state index in [1.807, 2.05) is 6.92 Å². The molecule has 2 bridgehead atoms. The number of carboxylic acids is 1. The molecule has 4 heterocycles. The number of hydrogen-bond acceptors (Lipinski definition) is 5. The molecule has 1 saturated carbocycles. The normalized spacial score (nSPS) is 55.6. The average Bonchev–Trinajstić information content (AvgIpc) is 2.67. The predicted octanol–water partition coefficient (Wildman–Crippen LogP) is 1.93. The second kappa shape index (κ2) is 4.41. The monoisotopic (exact) mass is 298 g/mol.